The molecule has 1 aliphatic carbocycles. The van der Waals surface area contributed by atoms with Crippen LogP contribution in [0.2, 0.25) is 0 Å². The Labute approximate surface area is 143 Å². The molecule has 0 unspecified atom stereocenters. The quantitative estimate of drug-likeness (QED) is 0.815. The Bertz CT molecular complexity index is 707. The van der Waals surface area contributed by atoms with Crippen LogP contribution < -0.4 is 9.46 Å². The number of methoxy groups -OCH3 is 1. The minimum atomic E-state index is -4.82. The first-order valence-corrected chi connectivity index (χ1v) is 9.18. The van der Waals surface area contributed by atoms with Crippen LogP contribution in [0.4, 0.5) is 13.2 Å². The average Bonchev–Trinajstić information content (AvgIpc) is 2.94. The van der Waals surface area contributed by atoms with Crippen LogP contribution in [0.5, 0.6) is 5.75 Å². The molecule has 10 heteroatoms. The molecule has 1 N–H and O–H groups in total. The molecular formula is C15H18F3NO5S. The SMILES string of the molecule is COC[C@@H]1[C@H](NS(=O)(=O)c2ccc(OC(F)(F)F)cc2)[C@@H]2CCO[C@H]12. The van der Waals surface area contributed by atoms with Crippen molar-refractivity contribution in [3.05, 3.63) is 24.3 Å². The monoisotopic (exact) mass is 381 g/mol. The molecular weight excluding hydrogens is 363 g/mol. The summed E-state index contributed by atoms with van der Waals surface area (Å²) in [4.78, 5) is -0.124. The summed E-state index contributed by atoms with van der Waals surface area (Å²) in [6, 6.07) is 3.78. The predicted octanol–water partition coefficient (Wildman–Crippen LogP) is 1.91. The van der Waals surface area contributed by atoms with Gasteiger partial charge in [0.15, 0.2) is 0 Å². The van der Waals surface area contributed by atoms with Gasteiger partial charge in [-0.2, -0.15) is 0 Å². The minimum absolute atomic E-state index is 0.0183. The van der Waals surface area contributed by atoms with Gasteiger partial charge in [0.1, 0.15) is 5.75 Å². The third-order valence-electron chi connectivity index (χ3n) is 4.55. The summed E-state index contributed by atoms with van der Waals surface area (Å²) >= 11 is 0. The fourth-order valence-corrected chi connectivity index (χ4v) is 4.80. The molecule has 0 amide bonds. The van der Waals surface area contributed by atoms with E-state index in [-0.39, 0.29) is 28.9 Å². The number of rotatable bonds is 6. The Morgan fingerprint density at radius 2 is 1.96 bits per heavy atom. The molecule has 2 aliphatic rings. The first-order chi connectivity index (χ1) is 11.7. The van der Waals surface area contributed by atoms with Crippen LogP contribution in [0.3, 0.4) is 0 Å². The molecule has 1 saturated heterocycles. The summed E-state index contributed by atoms with van der Waals surface area (Å²) in [5.74, 6) is -0.473. The molecule has 1 aromatic carbocycles. The van der Waals surface area contributed by atoms with Crippen molar-refractivity contribution in [2.24, 2.45) is 11.8 Å². The summed E-state index contributed by atoms with van der Waals surface area (Å²) in [6.45, 7) is 0.948. The third kappa shape index (κ3) is 3.91. The van der Waals surface area contributed by atoms with Gasteiger partial charge in [-0.1, -0.05) is 0 Å². The summed E-state index contributed by atoms with van der Waals surface area (Å²) in [7, 11) is -2.33. The van der Waals surface area contributed by atoms with Crippen molar-refractivity contribution < 1.29 is 35.8 Å². The van der Waals surface area contributed by atoms with Crippen molar-refractivity contribution in [2.75, 3.05) is 20.3 Å². The maximum absolute atomic E-state index is 12.5. The van der Waals surface area contributed by atoms with E-state index in [9.17, 15) is 21.6 Å². The minimum Gasteiger partial charge on any atom is -0.406 e. The molecule has 25 heavy (non-hydrogen) atoms. The van der Waals surface area contributed by atoms with Crippen LogP contribution in [0.15, 0.2) is 29.2 Å². The fourth-order valence-electron chi connectivity index (χ4n) is 3.46. The van der Waals surface area contributed by atoms with Crippen molar-refractivity contribution >= 4 is 10.0 Å². The second kappa shape index (κ2) is 6.75. The van der Waals surface area contributed by atoms with Gasteiger partial charge in [0.05, 0.1) is 17.6 Å². The zero-order valence-electron chi connectivity index (χ0n) is 13.3. The summed E-state index contributed by atoms with van der Waals surface area (Å²) in [5, 5.41) is 0. The van der Waals surface area contributed by atoms with Crippen molar-refractivity contribution in [2.45, 2.75) is 29.8 Å². The van der Waals surface area contributed by atoms with Gasteiger partial charge in [0.25, 0.3) is 0 Å². The Kier molecular flexibility index (Phi) is 4.97. The second-order valence-electron chi connectivity index (χ2n) is 6.07. The highest BCUT2D eigenvalue weighted by Gasteiger charge is 2.54. The van der Waals surface area contributed by atoms with Gasteiger partial charge >= 0.3 is 6.36 Å². The molecule has 0 radical (unpaired) electrons. The van der Waals surface area contributed by atoms with Crippen molar-refractivity contribution in [3.63, 3.8) is 0 Å². The van der Waals surface area contributed by atoms with E-state index < -0.39 is 22.1 Å². The van der Waals surface area contributed by atoms with Gasteiger partial charge in [-0.3, -0.25) is 0 Å². The van der Waals surface area contributed by atoms with Crippen LogP contribution in [-0.2, 0) is 19.5 Å². The number of hydrogen-bond acceptors (Lipinski definition) is 5. The molecule has 0 aromatic heterocycles. The lowest BCUT2D eigenvalue weighted by Gasteiger charge is -2.47. The highest BCUT2D eigenvalue weighted by molar-refractivity contribution is 7.89. The average molecular weight is 381 g/mol. The third-order valence-corrected chi connectivity index (χ3v) is 6.02. The van der Waals surface area contributed by atoms with E-state index in [1.807, 2.05) is 0 Å². The number of benzene rings is 1. The largest absolute Gasteiger partial charge is 0.573 e. The molecule has 140 valence electrons. The molecule has 6 nitrogen and oxygen atoms in total. The Balaban J connectivity index is 1.71. The van der Waals surface area contributed by atoms with E-state index in [0.717, 1.165) is 30.7 Å². The standard InChI is InChI=1S/C15H18F3NO5S/c1-22-8-12-13(11-6-7-23-14(11)12)19-25(20,21)10-4-2-9(3-5-10)24-15(16,17)18/h2-5,11-14,19H,6-8H2,1H3/t11-,12+,13+,14-/m0/s1. The second-order valence-corrected chi connectivity index (χ2v) is 7.79. The summed E-state index contributed by atoms with van der Waals surface area (Å²) < 4.78 is 78.6. The van der Waals surface area contributed by atoms with E-state index in [1.54, 1.807) is 0 Å². The van der Waals surface area contributed by atoms with Gasteiger partial charge in [0, 0.05) is 31.6 Å². The Morgan fingerprint density at radius 1 is 1.28 bits per heavy atom. The van der Waals surface area contributed by atoms with Gasteiger partial charge in [-0.25, -0.2) is 13.1 Å². The molecule has 0 bridgehead atoms. The van der Waals surface area contributed by atoms with Gasteiger partial charge in [0.2, 0.25) is 10.0 Å². The van der Waals surface area contributed by atoms with Crippen molar-refractivity contribution in [1.82, 2.24) is 4.72 Å². The van der Waals surface area contributed by atoms with E-state index in [2.05, 4.69) is 9.46 Å². The van der Waals surface area contributed by atoms with Crippen molar-refractivity contribution in [1.29, 1.82) is 0 Å². The highest BCUT2D eigenvalue weighted by Crippen LogP contribution is 2.44. The zero-order chi connectivity index (χ0) is 18.2. The first kappa shape index (κ1) is 18.4. The molecule has 3 rings (SSSR count). The van der Waals surface area contributed by atoms with E-state index in [1.165, 1.54) is 7.11 Å². The predicted molar refractivity (Wildman–Crippen MR) is 80.4 cm³/mol. The molecule has 4 atom stereocenters. The van der Waals surface area contributed by atoms with Crippen LogP contribution in [-0.4, -0.2) is 47.2 Å². The van der Waals surface area contributed by atoms with E-state index >= 15 is 0 Å². The van der Waals surface area contributed by atoms with Gasteiger partial charge < -0.3 is 14.2 Å². The number of fused-ring (bicyclic) bond motifs is 1. The van der Waals surface area contributed by atoms with Crippen LogP contribution in [0.1, 0.15) is 6.42 Å². The number of alkyl halides is 3. The maximum Gasteiger partial charge on any atom is 0.573 e. The van der Waals surface area contributed by atoms with Crippen molar-refractivity contribution in [3.8, 4) is 5.75 Å². The molecule has 1 aliphatic heterocycles. The first-order valence-electron chi connectivity index (χ1n) is 7.70. The highest BCUT2D eigenvalue weighted by atomic mass is 32.2. The lowest BCUT2D eigenvalue weighted by Crippen LogP contribution is -2.62. The lowest BCUT2D eigenvalue weighted by atomic mass is 9.68. The fraction of sp³-hybridized carbons (Fsp3) is 0.600. The summed E-state index contributed by atoms with van der Waals surface area (Å²) in [6.07, 6.45) is -4.08. The topological polar surface area (TPSA) is 73.9 Å². The van der Waals surface area contributed by atoms with E-state index in [4.69, 9.17) is 9.47 Å². The maximum atomic E-state index is 12.5. The molecule has 1 heterocycles. The number of hydrogen-bond donors (Lipinski definition) is 1. The molecule has 2 fully saturated rings. The van der Waals surface area contributed by atoms with Crippen LogP contribution >= 0.6 is 0 Å². The number of nitrogens with one attached hydrogen (secondary N) is 1. The zero-order valence-corrected chi connectivity index (χ0v) is 14.1. The van der Waals surface area contributed by atoms with Crippen LogP contribution in [0.25, 0.3) is 0 Å². The molecule has 1 aromatic rings. The number of sulfonamides is 1. The van der Waals surface area contributed by atoms with Gasteiger partial charge in [-0.05, 0) is 30.7 Å². The Hall–Kier alpha value is -1.36. The number of ether oxygens (including phenoxy) is 3. The molecule has 0 spiro atoms. The number of halogens is 3. The smallest absolute Gasteiger partial charge is 0.406 e. The van der Waals surface area contributed by atoms with Gasteiger partial charge in [-0.15, -0.1) is 13.2 Å². The molecule has 1 saturated carbocycles. The Morgan fingerprint density at radius 3 is 2.56 bits per heavy atom. The van der Waals surface area contributed by atoms with E-state index in [0.29, 0.717) is 13.2 Å². The lowest BCUT2D eigenvalue weighted by molar-refractivity contribution is -0.274. The van der Waals surface area contributed by atoms with Crippen LogP contribution in [0, 0.1) is 11.8 Å². The normalized spacial score (nSPS) is 29.1. The summed E-state index contributed by atoms with van der Waals surface area (Å²) in [5.41, 5.74) is 0.